The molecule has 3 nitrogen and oxygen atoms in total. The molecule has 0 N–H and O–H groups in total. The second-order valence-electron chi connectivity index (χ2n) is 5.82. The molecule has 0 saturated carbocycles. The number of carbonyl (C=O) groups excluding carboxylic acids is 1. The van der Waals surface area contributed by atoms with Crippen LogP contribution in [-0.4, -0.2) is 54.1 Å². The Balaban J connectivity index is 1.80. The van der Waals surface area contributed by atoms with Crippen LogP contribution >= 0.6 is 11.8 Å². The standard InChI is InChI=1S/C17H21FN2OS/c1-22-17(12-16(21)13-2-4-14(18)5-3-13)20-11-10-19-8-6-15(20)7-9-19/h2-5,12,15H,6-11H2,1H3. The average molecular weight is 320 g/mol. The SMILES string of the molecule is CSC(=CC(=O)c1ccc(F)cc1)N1CCN2CCC1CC2. The maximum absolute atomic E-state index is 13.0. The van der Waals surface area contributed by atoms with Crippen molar-refractivity contribution in [1.29, 1.82) is 0 Å². The van der Waals surface area contributed by atoms with Crippen LogP contribution in [0.4, 0.5) is 4.39 Å². The molecular formula is C17H21FN2OS. The minimum absolute atomic E-state index is 0.0524. The number of nitrogens with zero attached hydrogens (tertiary/aromatic N) is 2. The first-order chi connectivity index (χ1) is 10.7. The summed E-state index contributed by atoms with van der Waals surface area (Å²) in [5.74, 6) is -0.368. The van der Waals surface area contributed by atoms with Gasteiger partial charge in [-0.1, -0.05) is 0 Å². The molecule has 0 atom stereocenters. The summed E-state index contributed by atoms with van der Waals surface area (Å²) in [7, 11) is 0. The summed E-state index contributed by atoms with van der Waals surface area (Å²) < 4.78 is 13.0. The molecule has 3 aliphatic rings. The maximum Gasteiger partial charge on any atom is 0.188 e. The molecular weight excluding hydrogens is 299 g/mol. The number of benzene rings is 1. The van der Waals surface area contributed by atoms with Crippen LogP contribution in [0, 0.1) is 5.82 Å². The lowest BCUT2D eigenvalue weighted by molar-refractivity contribution is 0.104. The molecule has 3 aliphatic heterocycles. The van der Waals surface area contributed by atoms with Crippen molar-refractivity contribution in [1.82, 2.24) is 9.80 Å². The highest BCUT2D eigenvalue weighted by Gasteiger charge is 2.30. The Kier molecular flexibility index (Phi) is 4.84. The van der Waals surface area contributed by atoms with Gasteiger partial charge in [0.15, 0.2) is 5.78 Å². The number of hydrogen-bond acceptors (Lipinski definition) is 4. The number of piperidine rings is 1. The zero-order valence-corrected chi connectivity index (χ0v) is 13.6. The van der Waals surface area contributed by atoms with Crippen LogP contribution in [0.1, 0.15) is 23.2 Å². The zero-order chi connectivity index (χ0) is 15.5. The van der Waals surface area contributed by atoms with E-state index in [1.807, 2.05) is 6.26 Å². The molecule has 0 unspecified atom stereocenters. The van der Waals surface area contributed by atoms with E-state index in [9.17, 15) is 9.18 Å². The van der Waals surface area contributed by atoms with Crippen molar-refractivity contribution in [2.45, 2.75) is 18.9 Å². The lowest BCUT2D eigenvalue weighted by Crippen LogP contribution is -2.37. The Morgan fingerprint density at radius 1 is 1.18 bits per heavy atom. The van der Waals surface area contributed by atoms with Gasteiger partial charge < -0.3 is 9.80 Å². The predicted molar refractivity (Wildman–Crippen MR) is 88.5 cm³/mol. The molecule has 1 aromatic carbocycles. The molecule has 2 bridgehead atoms. The van der Waals surface area contributed by atoms with E-state index in [1.165, 1.54) is 25.0 Å². The van der Waals surface area contributed by atoms with E-state index in [1.54, 1.807) is 30.0 Å². The first kappa shape index (κ1) is 15.6. The summed E-state index contributed by atoms with van der Waals surface area (Å²) >= 11 is 1.62. The van der Waals surface area contributed by atoms with Gasteiger partial charge in [-0.25, -0.2) is 4.39 Å². The lowest BCUT2D eigenvalue weighted by atomic mass is 10.1. The third-order valence-electron chi connectivity index (χ3n) is 4.53. The Labute approximate surface area is 135 Å². The third-order valence-corrected chi connectivity index (χ3v) is 5.30. The fourth-order valence-electron chi connectivity index (χ4n) is 3.25. The van der Waals surface area contributed by atoms with Crippen LogP contribution in [0.5, 0.6) is 0 Å². The predicted octanol–water partition coefficient (Wildman–Crippen LogP) is 2.99. The van der Waals surface area contributed by atoms with Crippen molar-refractivity contribution in [3.8, 4) is 0 Å². The fraction of sp³-hybridized carbons (Fsp3) is 0.471. The fourth-order valence-corrected chi connectivity index (χ4v) is 3.94. The van der Waals surface area contributed by atoms with E-state index >= 15 is 0 Å². The summed E-state index contributed by atoms with van der Waals surface area (Å²) in [6.45, 7) is 4.37. The molecule has 3 fully saturated rings. The minimum atomic E-state index is -0.316. The second-order valence-corrected chi connectivity index (χ2v) is 6.65. The Morgan fingerprint density at radius 3 is 2.50 bits per heavy atom. The quantitative estimate of drug-likeness (QED) is 0.628. The number of carbonyl (C=O) groups is 1. The normalized spacial score (nSPS) is 25.2. The summed E-state index contributed by atoms with van der Waals surface area (Å²) in [4.78, 5) is 17.3. The Morgan fingerprint density at radius 2 is 1.86 bits per heavy atom. The van der Waals surface area contributed by atoms with Gasteiger partial charge in [0, 0.05) is 43.9 Å². The smallest absolute Gasteiger partial charge is 0.188 e. The summed E-state index contributed by atoms with van der Waals surface area (Å²) in [6, 6.07) is 6.30. The average Bonchev–Trinajstić information content (AvgIpc) is 2.87. The van der Waals surface area contributed by atoms with Gasteiger partial charge in [0.05, 0.1) is 5.03 Å². The van der Waals surface area contributed by atoms with Gasteiger partial charge in [-0.05, 0) is 43.4 Å². The molecule has 0 amide bonds. The van der Waals surface area contributed by atoms with Crippen LogP contribution in [0.2, 0.25) is 0 Å². The molecule has 0 radical (unpaired) electrons. The lowest BCUT2D eigenvalue weighted by Gasteiger charge is -2.33. The number of allylic oxidation sites excluding steroid dienone is 1. The van der Waals surface area contributed by atoms with Gasteiger partial charge in [-0.2, -0.15) is 0 Å². The number of thioether (sulfide) groups is 1. The number of hydrogen-bond donors (Lipinski definition) is 0. The van der Waals surface area contributed by atoms with Gasteiger partial charge in [0.25, 0.3) is 0 Å². The first-order valence-electron chi connectivity index (χ1n) is 7.72. The van der Waals surface area contributed by atoms with Crippen LogP contribution in [0.15, 0.2) is 35.4 Å². The van der Waals surface area contributed by atoms with Crippen LogP contribution in [-0.2, 0) is 0 Å². The van der Waals surface area contributed by atoms with Crippen LogP contribution in [0.3, 0.4) is 0 Å². The number of ketones is 1. The minimum Gasteiger partial charge on any atom is -0.362 e. The van der Waals surface area contributed by atoms with Gasteiger partial charge in [-0.3, -0.25) is 4.79 Å². The van der Waals surface area contributed by atoms with Crippen LogP contribution < -0.4 is 0 Å². The molecule has 0 aromatic heterocycles. The second kappa shape index (κ2) is 6.84. The van der Waals surface area contributed by atoms with E-state index in [0.29, 0.717) is 11.6 Å². The van der Waals surface area contributed by atoms with Gasteiger partial charge in [-0.15, -0.1) is 11.8 Å². The van der Waals surface area contributed by atoms with E-state index in [4.69, 9.17) is 0 Å². The monoisotopic (exact) mass is 320 g/mol. The number of rotatable bonds is 4. The van der Waals surface area contributed by atoms with Crippen molar-refractivity contribution < 1.29 is 9.18 Å². The van der Waals surface area contributed by atoms with Gasteiger partial charge in [0.1, 0.15) is 5.82 Å². The largest absolute Gasteiger partial charge is 0.362 e. The maximum atomic E-state index is 13.0. The molecule has 1 aromatic rings. The molecule has 4 rings (SSSR count). The summed E-state index contributed by atoms with van der Waals surface area (Å²) in [5, 5.41) is 1.03. The number of halogens is 1. The highest BCUT2D eigenvalue weighted by Crippen LogP contribution is 2.29. The van der Waals surface area contributed by atoms with Crippen LogP contribution in [0.25, 0.3) is 0 Å². The van der Waals surface area contributed by atoms with E-state index in [-0.39, 0.29) is 11.6 Å². The first-order valence-corrected chi connectivity index (χ1v) is 8.94. The van der Waals surface area contributed by atoms with Crippen molar-refractivity contribution in [3.05, 3.63) is 46.8 Å². The van der Waals surface area contributed by atoms with E-state index < -0.39 is 0 Å². The van der Waals surface area contributed by atoms with Gasteiger partial charge >= 0.3 is 0 Å². The van der Waals surface area contributed by atoms with Crippen molar-refractivity contribution in [2.75, 3.05) is 32.4 Å². The summed E-state index contributed by atoms with van der Waals surface area (Å²) in [5.41, 5.74) is 0.538. The highest BCUT2D eigenvalue weighted by atomic mass is 32.2. The van der Waals surface area contributed by atoms with Crippen molar-refractivity contribution in [2.24, 2.45) is 0 Å². The van der Waals surface area contributed by atoms with E-state index in [2.05, 4.69) is 9.80 Å². The number of fused-ring (bicyclic) bond motifs is 4. The topological polar surface area (TPSA) is 23.6 Å². The molecule has 118 valence electrons. The molecule has 0 spiro atoms. The Hall–Kier alpha value is -1.33. The molecule has 22 heavy (non-hydrogen) atoms. The molecule has 5 heteroatoms. The van der Waals surface area contributed by atoms with Crippen molar-refractivity contribution in [3.63, 3.8) is 0 Å². The Bertz CT molecular complexity index is 565. The van der Waals surface area contributed by atoms with E-state index in [0.717, 1.165) is 31.2 Å². The molecule has 0 aliphatic carbocycles. The zero-order valence-electron chi connectivity index (χ0n) is 12.8. The van der Waals surface area contributed by atoms with Gasteiger partial charge in [0.2, 0.25) is 0 Å². The summed E-state index contributed by atoms with van der Waals surface area (Å²) in [6.07, 6.45) is 6.07. The third kappa shape index (κ3) is 3.36. The van der Waals surface area contributed by atoms with Crippen molar-refractivity contribution >= 4 is 17.5 Å². The molecule has 3 heterocycles. The molecule has 3 saturated heterocycles. The highest BCUT2D eigenvalue weighted by molar-refractivity contribution is 8.02.